The Morgan fingerprint density at radius 1 is 1.37 bits per heavy atom. The highest BCUT2D eigenvalue weighted by molar-refractivity contribution is 6.02. The molecule has 0 aliphatic heterocycles. The highest BCUT2D eigenvalue weighted by Gasteiger charge is 2.13. The summed E-state index contributed by atoms with van der Waals surface area (Å²) in [4.78, 5) is 12.1. The molecule has 19 heavy (non-hydrogen) atoms. The molecule has 0 aromatic carbocycles. The Balaban J connectivity index is 2.13. The van der Waals surface area contributed by atoms with E-state index in [0.717, 1.165) is 12.1 Å². The zero-order valence-corrected chi connectivity index (χ0v) is 11.7. The van der Waals surface area contributed by atoms with Gasteiger partial charge in [0.25, 0.3) is 5.91 Å². The number of amides is 1. The minimum absolute atomic E-state index is 0.181. The highest BCUT2D eigenvalue weighted by Crippen LogP contribution is 2.14. The van der Waals surface area contributed by atoms with E-state index in [1.54, 1.807) is 28.7 Å². The van der Waals surface area contributed by atoms with Crippen LogP contribution in [0.3, 0.4) is 0 Å². The number of aromatic nitrogens is 4. The van der Waals surface area contributed by atoms with Crippen molar-refractivity contribution in [3.8, 4) is 0 Å². The van der Waals surface area contributed by atoms with Crippen LogP contribution in [0.15, 0.2) is 18.3 Å². The molecule has 1 amide bonds. The van der Waals surface area contributed by atoms with Gasteiger partial charge in [0.1, 0.15) is 11.5 Å². The van der Waals surface area contributed by atoms with Crippen LogP contribution >= 0.6 is 0 Å². The van der Waals surface area contributed by atoms with Crippen LogP contribution in [0.1, 0.15) is 30.0 Å². The van der Waals surface area contributed by atoms with E-state index in [9.17, 15) is 4.79 Å². The fourth-order valence-electron chi connectivity index (χ4n) is 1.94. The highest BCUT2D eigenvalue weighted by atomic mass is 16.2. The van der Waals surface area contributed by atoms with Gasteiger partial charge in [-0.3, -0.25) is 14.2 Å². The lowest BCUT2D eigenvalue weighted by Crippen LogP contribution is -2.17. The molecule has 0 unspecified atom stereocenters. The summed E-state index contributed by atoms with van der Waals surface area (Å²) >= 11 is 0. The number of rotatable bonds is 4. The number of carbonyl (C=O) groups is 1. The maximum Gasteiger partial charge on any atom is 0.275 e. The number of nitrogens with zero attached hydrogens (tertiary/aromatic N) is 4. The van der Waals surface area contributed by atoms with Gasteiger partial charge in [-0.05, 0) is 18.4 Å². The molecule has 0 fully saturated rings. The number of hydrogen-bond acceptors (Lipinski definition) is 3. The van der Waals surface area contributed by atoms with Crippen LogP contribution in [0.4, 0.5) is 5.82 Å². The van der Waals surface area contributed by atoms with Gasteiger partial charge in [-0.15, -0.1) is 0 Å². The molecule has 0 atom stereocenters. The van der Waals surface area contributed by atoms with Crippen molar-refractivity contribution in [2.45, 2.75) is 20.3 Å². The van der Waals surface area contributed by atoms with E-state index in [0.29, 0.717) is 17.4 Å². The van der Waals surface area contributed by atoms with E-state index in [2.05, 4.69) is 29.4 Å². The second kappa shape index (κ2) is 5.26. The van der Waals surface area contributed by atoms with Gasteiger partial charge >= 0.3 is 0 Å². The maximum atomic E-state index is 12.1. The predicted octanol–water partition coefficient (Wildman–Crippen LogP) is 1.60. The average molecular weight is 261 g/mol. The summed E-state index contributed by atoms with van der Waals surface area (Å²) in [5, 5.41) is 11.2. The lowest BCUT2D eigenvalue weighted by atomic mass is 10.1. The van der Waals surface area contributed by atoms with Crippen molar-refractivity contribution in [3.05, 3.63) is 29.7 Å². The first-order valence-electron chi connectivity index (χ1n) is 6.29. The molecule has 1 N–H and O–H groups in total. The molecule has 2 heterocycles. The van der Waals surface area contributed by atoms with Gasteiger partial charge in [0.2, 0.25) is 0 Å². The molecule has 0 spiro atoms. The van der Waals surface area contributed by atoms with E-state index in [1.807, 2.05) is 13.1 Å². The predicted molar refractivity (Wildman–Crippen MR) is 72.9 cm³/mol. The fourth-order valence-corrected chi connectivity index (χ4v) is 1.94. The second-order valence-corrected chi connectivity index (χ2v) is 5.04. The first-order valence-corrected chi connectivity index (χ1v) is 6.29. The van der Waals surface area contributed by atoms with Crippen molar-refractivity contribution in [3.63, 3.8) is 0 Å². The van der Waals surface area contributed by atoms with Crippen LogP contribution in [-0.2, 0) is 20.5 Å². The van der Waals surface area contributed by atoms with Gasteiger partial charge in [0, 0.05) is 26.4 Å². The van der Waals surface area contributed by atoms with E-state index in [4.69, 9.17) is 0 Å². The number of anilines is 1. The monoisotopic (exact) mass is 261 g/mol. The van der Waals surface area contributed by atoms with Crippen LogP contribution in [0, 0.1) is 5.92 Å². The first-order chi connectivity index (χ1) is 8.97. The van der Waals surface area contributed by atoms with Crippen LogP contribution in [0.5, 0.6) is 0 Å². The largest absolute Gasteiger partial charge is 0.305 e. The molecule has 2 aromatic heterocycles. The first kappa shape index (κ1) is 13.3. The molecule has 0 saturated heterocycles. The Hall–Kier alpha value is -2.11. The van der Waals surface area contributed by atoms with Crippen LogP contribution < -0.4 is 5.32 Å². The molecular formula is C13H19N5O. The molecule has 6 heteroatoms. The van der Waals surface area contributed by atoms with E-state index < -0.39 is 0 Å². The Morgan fingerprint density at radius 2 is 2.11 bits per heavy atom. The average Bonchev–Trinajstić information content (AvgIpc) is 2.85. The van der Waals surface area contributed by atoms with Crippen molar-refractivity contribution in [2.24, 2.45) is 20.0 Å². The molecule has 0 saturated carbocycles. The number of carbonyl (C=O) groups excluding carboxylic acids is 1. The Bertz CT molecular complexity index is 582. The van der Waals surface area contributed by atoms with Crippen molar-refractivity contribution < 1.29 is 4.79 Å². The van der Waals surface area contributed by atoms with Crippen LogP contribution in [-0.4, -0.2) is 25.5 Å². The van der Waals surface area contributed by atoms with E-state index >= 15 is 0 Å². The normalized spacial score (nSPS) is 11.0. The summed E-state index contributed by atoms with van der Waals surface area (Å²) in [5.74, 6) is 1.05. The third kappa shape index (κ3) is 3.01. The third-order valence-electron chi connectivity index (χ3n) is 2.84. The fraction of sp³-hybridized carbons (Fsp3) is 0.462. The summed E-state index contributed by atoms with van der Waals surface area (Å²) in [6.45, 7) is 4.28. The molecule has 2 aromatic rings. The summed E-state index contributed by atoms with van der Waals surface area (Å²) in [6, 6.07) is 3.59. The van der Waals surface area contributed by atoms with Crippen molar-refractivity contribution >= 4 is 11.7 Å². The molecule has 0 aliphatic carbocycles. The standard InChI is InChI=1S/C13H19N5O/c1-9(2)7-10-8-12(18(4)16-10)15-13(19)11-5-6-14-17(11)3/h5-6,8-9H,7H2,1-4H3,(H,15,19). The molecular weight excluding hydrogens is 242 g/mol. The molecule has 0 bridgehead atoms. The van der Waals surface area contributed by atoms with Gasteiger partial charge in [-0.1, -0.05) is 13.8 Å². The van der Waals surface area contributed by atoms with Crippen LogP contribution in [0.25, 0.3) is 0 Å². The van der Waals surface area contributed by atoms with E-state index in [-0.39, 0.29) is 5.91 Å². The number of hydrogen-bond donors (Lipinski definition) is 1. The summed E-state index contributed by atoms with van der Waals surface area (Å²) in [6.07, 6.45) is 2.50. The summed E-state index contributed by atoms with van der Waals surface area (Å²) in [7, 11) is 3.56. The van der Waals surface area contributed by atoms with Gasteiger partial charge in [-0.25, -0.2) is 0 Å². The minimum atomic E-state index is -0.181. The smallest absolute Gasteiger partial charge is 0.275 e. The molecule has 102 valence electrons. The topological polar surface area (TPSA) is 64.7 Å². The lowest BCUT2D eigenvalue weighted by Gasteiger charge is -2.04. The van der Waals surface area contributed by atoms with Crippen molar-refractivity contribution in [2.75, 3.05) is 5.32 Å². The number of nitrogens with one attached hydrogen (secondary N) is 1. The Kier molecular flexibility index (Phi) is 3.69. The zero-order chi connectivity index (χ0) is 14.0. The van der Waals surface area contributed by atoms with Gasteiger partial charge in [0.15, 0.2) is 0 Å². The van der Waals surface area contributed by atoms with Crippen molar-refractivity contribution in [1.82, 2.24) is 19.6 Å². The summed E-state index contributed by atoms with van der Waals surface area (Å²) < 4.78 is 3.23. The zero-order valence-electron chi connectivity index (χ0n) is 11.7. The van der Waals surface area contributed by atoms with E-state index in [1.165, 1.54) is 0 Å². The quantitative estimate of drug-likeness (QED) is 0.909. The SMILES string of the molecule is CC(C)Cc1cc(NC(=O)c2ccnn2C)n(C)n1. The van der Waals surface area contributed by atoms with Gasteiger partial charge in [-0.2, -0.15) is 10.2 Å². The van der Waals surface area contributed by atoms with Crippen molar-refractivity contribution in [1.29, 1.82) is 0 Å². The van der Waals surface area contributed by atoms with Gasteiger partial charge in [0.05, 0.1) is 5.69 Å². The third-order valence-corrected chi connectivity index (χ3v) is 2.84. The molecule has 0 radical (unpaired) electrons. The van der Waals surface area contributed by atoms with Crippen LogP contribution in [0.2, 0.25) is 0 Å². The Labute approximate surface area is 112 Å². The lowest BCUT2D eigenvalue weighted by molar-refractivity contribution is 0.101. The maximum absolute atomic E-state index is 12.1. The molecule has 0 aliphatic rings. The molecule has 2 rings (SSSR count). The minimum Gasteiger partial charge on any atom is -0.305 e. The molecule has 6 nitrogen and oxygen atoms in total. The van der Waals surface area contributed by atoms with Gasteiger partial charge < -0.3 is 5.32 Å². The summed E-state index contributed by atoms with van der Waals surface area (Å²) in [5.41, 5.74) is 1.50. The second-order valence-electron chi connectivity index (χ2n) is 5.04. The Morgan fingerprint density at radius 3 is 2.68 bits per heavy atom. The number of aryl methyl sites for hydroxylation is 2.